The highest BCUT2D eigenvalue weighted by Crippen LogP contribution is 2.42. The largest absolute Gasteiger partial charge is 0.206 e. The van der Waals surface area contributed by atoms with Crippen LogP contribution >= 0.6 is 31.9 Å². The summed E-state index contributed by atoms with van der Waals surface area (Å²) in [5.41, 5.74) is 3.87. The Labute approximate surface area is 135 Å². The van der Waals surface area contributed by atoms with Gasteiger partial charge in [0.1, 0.15) is 5.82 Å². The van der Waals surface area contributed by atoms with E-state index in [2.05, 4.69) is 56.1 Å². The van der Waals surface area contributed by atoms with Gasteiger partial charge < -0.3 is 0 Å². The Hall–Kier alpha value is -0.670. The van der Waals surface area contributed by atoms with Crippen LogP contribution in [0.15, 0.2) is 46.9 Å². The fourth-order valence-electron chi connectivity index (χ4n) is 2.97. The predicted octanol–water partition coefficient (Wildman–Crippen LogP) is 5.83. The van der Waals surface area contributed by atoms with E-state index in [1.54, 1.807) is 6.07 Å². The van der Waals surface area contributed by atoms with Crippen molar-refractivity contribution < 1.29 is 4.39 Å². The van der Waals surface area contributed by atoms with Crippen LogP contribution in [-0.4, -0.2) is 0 Å². The van der Waals surface area contributed by atoms with Gasteiger partial charge in [-0.3, -0.25) is 0 Å². The van der Waals surface area contributed by atoms with Crippen molar-refractivity contribution in [3.63, 3.8) is 0 Å². The standard InChI is InChI=1S/C17H15Br2F/c18-16-13(9-8-11-4-1-2-6-14(11)16)10-12-5-3-7-15(20)17(12)19/h1-7,13,16H,8-10H2. The van der Waals surface area contributed by atoms with Crippen molar-refractivity contribution in [2.45, 2.75) is 24.1 Å². The van der Waals surface area contributed by atoms with E-state index in [-0.39, 0.29) is 5.82 Å². The van der Waals surface area contributed by atoms with Gasteiger partial charge in [-0.05, 0) is 63.9 Å². The van der Waals surface area contributed by atoms with E-state index in [1.807, 2.05) is 6.07 Å². The number of aryl methyl sites for hydroxylation is 1. The molecule has 1 aliphatic carbocycles. The highest BCUT2D eigenvalue weighted by atomic mass is 79.9. The molecule has 0 aliphatic heterocycles. The Morgan fingerprint density at radius 1 is 1.10 bits per heavy atom. The van der Waals surface area contributed by atoms with Gasteiger partial charge in [-0.2, -0.15) is 0 Å². The Morgan fingerprint density at radius 2 is 1.90 bits per heavy atom. The van der Waals surface area contributed by atoms with Crippen LogP contribution in [0.4, 0.5) is 4.39 Å². The summed E-state index contributed by atoms with van der Waals surface area (Å²) < 4.78 is 14.2. The van der Waals surface area contributed by atoms with E-state index in [0.29, 0.717) is 15.2 Å². The number of fused-ring (bicyclic) bond motifs is 1. The summed E-state index contributed by atoms with van der Waals surface area (Å²) >= 11 is 7.21. The molecule has 104 valence electrons. The maximum atomic E-state index is 13.6. The average molecular weight is 398 g/mol. The van der Waals surface area contributed by atoms with Gasteiger partial charge in [-0.1, -0.05) is 52.3 Å². The first-order valence-electron chi connectivity index (χ1n) is 6.81. The normalized spacial score (nSPS) is 21.6. The van der Waals surface area contributed by atoms with Crippen molar-refractivity contribution in [2.24, 2.45) is 5.92 Å². The highest BCUT2D eigenvalue weighted by Gasteiger charge is 2.27. The van der Waals surface area contributed by atoms with Gasteiger partial charge >= 0.3 is 0 Å². The van der Waals surface area contributed by atoms with Crippen molar-refractivity contribution >= 4 is 31.9 Å². The van der Waals surface area contributed by atoms with Crippen LogP contribution < -0.4 is 0 Å². The monoisotopic (exact) mass is 396 g/mol. The number of benzene rings is 2. The average Bonchev–Trinajstić information content (AvgIpc) is 2.47. The molecule has 1 aliphatic rings. The lowest BCUT2D eigenvalue weighted by Crippen LogP contribution is -2.19. The molecule has 2 atom stereocenters. The molecular weight excluding hydrogens is 383 g/mol. The Balaban J connectivity index is 1.85. The smallest absolute Gasteiger partial charge is 0.137 e. The summed E-state index contributed by atoms with van der Waals surface area (Å²) in [6.07, 6.45) is 3.13. The van der Waals surface area contributed by atoms with Crippen molar-refractivity contribution in [3.05, 3.63) is 69.4 Å². The Bertz CT molecular complexity index is 624. The summed E-state index contributed by atoms with van der Waals surface area (Å²) in [5.74, 6) is 0.327. The summed E-state index contributed by atoms with van der Waals surface area (Å²) in [7, 11) is 0. The third kappa shape index (κ3) is 2.71. The SMILES string of the molecule is Fc1cccc(CC2CCc3ccccc3C2Br)c1Br. The van der Waals surface area contributed by atoms with E-state index in [1.165, 1.54) is 17.2 Å². The number of hydrogen-bond donors (Lipinski definition) is 0. The Kier molecular flexibility index (Phi) is 4.27. The zero-order valence-corrected chi connectivity index (χ0v) is 14.1. The molecule has 2 aromatic rings. The van der Waals surface area contributed by atoms with Gasteiger partial charge in [0, 0.05) is 4.83 Å². The van der Waals surface area contributed by atoms with Gasteiger partial charge in [0.05, 0.1) is 4.47 Å². The van der Waals surface area contributed by atoms with Crippen LogP contribution in [0.5, 0.6) is 0 Å². The lowest BCUT2D eigenvalue weighted by molar-refractivity contribution is 0.450. The van der Waals surface area contributed by atoms with Gasteiger partial charge in [-0.15, -0.1) is 0 Å². The van der Waals surface area contributed by atoms with E-state index in [4.69, 9.17) is 0 Å². The van der Waals surface area contributed by atoms with Crippen LogP contribution in [0, 0.1) is 11.7 Å². The summed E-state index contributed by atoms with van der Waals surface area (Å²) in [6, 6.07) is 13.9. The van der Waals surface area contributed by atoms with Crippen molar-refractivity contribution in [3.8, 4) is 0 Å². The number of halogens is 3. The topological polar surface area (TPSA) is 0 Å². The van der Waals surface area contributed by atoms with Crippen LogP contribution in [-0.2, 0) is 12.8 Å². The first kappa shape index (κ1) is 14.3. The molecule has 3 rings (SSSR count). The lowest BCUT2D eigenvalue weighted by atomic mass is 9.81. The third-order valence-electron chi connectivity index (χ3n) is 4.06. The molecule has 0 aromatic heterocycles. The van der Waals surface area contributed by atoms with Gasteiger partial charge in [0.15, 0.2) is 0 Å². The molecule has 0 radical (unpaired) electrons. The molecule has 0 heterocycles. The summed E-state index contributed by atoms with van der Waals surface area (Å²) in [4.78, 5) is 0.350. The molecule has 2 aromatic carbocycles. The predicted molar refractivity (Wildman–Crippen MR) is 87.7 cm³/mol. The van der Waals surface area contributed by atoms with Gasteiger partial charge in [0.2, 0.25) is 0 Å². The molecule has 0 amide bonds. The first-order chi connectivity index (χ1) is 9.66. The third-order valence-corrected chi connectivity index (χ3v) is 6.19. The second-order valence-corrected chi connectivity index (χ2v) is 7.10. The molecule has 0 spiro atoms. The maximum Gasteiger partial charge on any atom is 0.137 e. The summed E-state index contributed by atoms with van der Waals surface area (Å²) in [5, 5.41) is 0. The molecule has 0 saturated carbocycles. The molecule has 2 unspecified atom stereocenters. The Morgan fingerprint density at radius 3 is 2.75 bits per heavy atom. The second kappa shape index (κ2) is 5.98. The van der Waals surface area contributed by atoms with Crippen molar-refractivity contribution in [1.29, 1.82) is 0 Å². The molecule has 3 heteroatoms. The van der Waals surface area contributed by atoms with Crippen molar-refractivity contribution in [2.75, 3.05) is 0 Å². The first-order valence-corrected chi connectivity index (χ1v) is 8.52. The van der Waals surface area contributed by atoms with Crippen LogP contribution in [0.25, 0.3) is 0 Å². The second-order valence-electron chi connectivity index (χ2n) is 5.32. The summed E-state index contributed by atoms with van der Waals surface area (Å²) in [6.45, 7) is 0. The molecule has 0 bridgehead atoms. The minimum atomic E-state index is -0.176. The van der Waals surface area contributed by atoms with Crippen molar-refractivity contribution in [1.82, 2.24) is 0 Å². The highest BCUT2D eigenvalue weighted by molar-refractivity contribution is 9.10. The quantitative estimate of drug-likeness (QED) is 0.559. The fourth-order valence-corrected chi connectivity index (χ4v) is 4.29. The minimum Gasteiger partial charge on any atom is -0.206 e. The molecule has 0 nitrogen and oxygen atoms in total. The zero-order valence-electron chi connectivity index (χ0n) is 11.0. The van der Waals surface area contributed by atoms with E-state index < -0.39 is 0 Å². The molecule has 0 saturated heterocycles. The van der Waals surface area contributed by atoms with Gasteiger partial charge in [0.25, 0.3) is 0 Å². The van der Waals surface area contributed by atoms with Gasteiger partial charge in [-0.25, -0.2) is 4.39 Å². The molecular formula is C17H15Br2F. The number of rotatable bonds is 2. The fraction of sp³-hybridized carbons (Fsp3) is 0.294. The number of hydrogen-bond acceptors (Lipinski definition) is 0. The van der Waals surface area contributed by atoms with Crippen LogP contribution in [0.1, 0.15) is 27.9 Å². The maximum absolute atomic E-state index is 13.6. The molecule has 20 heavy (non-hydrogen) atoms. The minimum absolute atomic E-state index is 0.176. The lowest BCUT2D eigenvalue weighted by Gasteiger charge is -2.30. The number of alkyl halides is 1. The van der Waals surface area contributed by atoms with Crippen LogP contribution in [0.3, 0.4) is 0 Å². The van der Waals surface area contributed by atoms with E-state index >= 15 is 0 Å². The molecule has 0 fully saturated rings. The van der Waals surface area contributed by atoms with Crippen LogP contribution in [0.2, 0.25) is 0 Å². The zero-order chi connectivity index (χ0) is 14.1. The van der Waals surface area contributed by atoms with E-state index in [0.717, 1.165) is 24.8 Å². The molecule has 0 N–H and O–H groups in total. The van der Waals surface area contributed by atoms with E-state index in [9.17, 15) is 4.39 Å².